The Balaban J connectivity index is 2.59. The summed E-state index contributed by atoms with van der Waals surface area (Å²) in [6, 6.07) is 1.61. The Morgan fingerprint density at radius 3 is 2.60 bits per heavy atom. The van der Waals surface area contributed by atoms with E-state index in [2.05, 4.69) is 5.10 Å². The van der Waals surface area contributed by atoms with Crippen LogP contribution < -0.4 is 10.3 Å². The Bertz CT molecular complexity index is 896. The summed E-state index contributed by atoms with van der Waals surface area (Å²) in [5.74, 6) is -2.66. The van der Waals surface area contributed by atoms with Gasteiger partial charge in [0.1, 0.15) is 11.4 Å². The summed E-state index contributed by atoms with van der Waals surface area (Å²) in [4.78, 5) is 22.6. The molecule has 0 bridgehead atoms. The van der Waals surface area contributed by atoms with Crippen LogP contribution in [0.1, 0.15) is 11.1 Å². The van der Waals surface area contributed by atoms with E-state index in [1.165, 1.54) is 0 Å². The summed E-state index contributed by atoms with van der Waals surface area (Å²) in [7, 11) is 0. The molecule has 0 atom stereocenters. The molecular weight excluding hydrogens is 372 g/mol. The number of carbonyl (C=O) groups is 1. The predicted molar refractivity (Wildman–Crippen MR) is 77.7 cm³/mol. The van der Waals surface area contributed by atoms with Crippen LogP contribution >= 0.6 is 11.6 Å². The van der Waals surface area contributed by atoms with Crippen LogP contribution in [0.5, 0.6) is 5.75 Å². The minimum absolute atomic E-state index is 0.272. The Hall–Kier alpha value is -2.62. The maximum absolute atomic E-state index is 14.1. The summed E-state index contributed by atoms with van der Waals surface area (Å²) < 4.78 is 57.7. The maximum Gasteiger partial charge on any atom is 0.418 e. The molecule has 134 valence electrons. The van der Waals surface area contributed by atoms with Gasteiger partial charge in [0.2, 0.25) is 0 Å². The van der Waals surface area contributed by atoms with Gasteiger partial charge in [0, 0.05) is 11.6 Å². The summed E-state index contributed by atoms with van der Waals surface area (Å²) in [6.07, 6.45) is -4.40. The number of ether oxygens (including phenoxy) is 1. The van der Waals surface area contributed by atoms with Gasteiger partial charge in [-0.3, -0.25) is 4.79 Å². The van der Waals surface area contributed by atoms with E-state index in [4.69, 9.17) is 21.4 Å². The number of benzene rings is 1. The fraction of sp³-hybridized carbons (Fsp3) is 0.214. The molecule has 0 fully saturated rings. The van der Waals surface area contributed by atoms with Crippen molar-refractivity contribution < 1.29 is 32.2 Å². The molecule has 0 spiro atoms. The molecule has 0 radical (unpaired) electrons. The number of hydrogen-bond acceptors (Lipinski definition) is 4. The average molecular weight is 381 g/mol. The van der Waals surface area contributed by atoms with Gasteiger partial charge >= 0.3 is 12.1 Å². The van der Waals surface area contributed by atoms with Crippen molar-refractivity contribution in [3.05, 3.63) is 50.7 Å². The van der Waals surface area contributed by atoms with Crippen molar-refractivity contribution in [3.8, 4) is 11.4 Å². The number of alkyl halides is 3. The van der Waals surface area contributed by atoms with Crippen LogP contribution in [0.3, 0.4) is 0 Å². The average Bonchev–Trinajstić information content (AvgIpc) is 2.48. The Kier molecular flexibility index (Phi) is 5.02. The van der Waals surface area contributed by atoms with Crippen LogP contribution in [-0.4, -0.2) is 27.5 Å². The molecule has 25 heavy (non-hydrogen) atoms. The Labute approximate surface area is 142 Å². The third kappa shape index (κ3) is 3.90. The molecule has 0 aliphatic heterocycles. The molecule has 1 aromatic carbocycles. The van der Waals surface area contributed by atoms with Crippen LogP contribution in [0.4, 0.5) is 17.6 Å². The Morgan fingerprint density at radius 2 is 2.04 bits per heavy atom. The minimum Gasteiger partial charge on any atom is -0.480 e. The van der Waals surface area contributed by atoms with Crippen LogP contribution in [0.15, 0.2) is 23.1 Å². The highest BCUT2D eigenvalue weighted by molar-refractivity contribution is 6.32. The summed E-state index contributed by atoms with van der Waals surface area (Å²) in [5.41, 5.74) is -3.65. The van der Waals surface area contributed by atoms with Crippen molar-refractivity contribution in [3.63, 3.8) is 0 Å². The van der Waals surface area contributed by atoms with Gasteiger partial charge in [-0.2, -0.15) is 23.0 Å². The lowest BCUT2D eigenvalue weighted by Gasteiger charge is -2.13. The maximum atomic E-state index is 14.1. The van der Waals surface area contributed by atoms with E-state index in [0.29, 0.717) is 10.9 Å². The molecule has 11 heteroatoms. The first kappa shape index (κ1) is 18.7. The highest BCUT2D eigenvalue weighted by Gasteiger charge is 2.34. The molecule has 0 saturated heterocycles. The van der Waals surface area contributed by atoms with Gasteiger partial charge in [0.15, 0.2) is 12.4 Å². The van der Waals surface area contributed by atoms with E-state index in [0.717, 1.165) is 19.1 Å². The summed E-state index contributed by atoms with van der Waals surface area (Å²) in [6.45, 7) is 0.137. The second-order valence-electron chi connectivity index (χ2n) is 4.81. The second kappa shape index (κ2) is 6.71. The predicted octanol–water partition coefficient (Wildman–Crippen LogP) is 2.82. The smallest absolute Gasteiger partial charge is 0.418 e. The zero-order valence-electron chi connectivity index (χ0n) is 12.4. The first-order valence-corrected chi connectivity index (χ1v) is 6.90. The highest BCUT2D eigenvalue weighted by Crippen LogP contribution is 2.31. The van der Waals surface area contributed by atoms with Gasteiger partial charge in [-0.25, -0.2) is 9.18 Å². The Morgan fingerprint density at radius 1 is 1.40 bits per heavy atom. The second-order valence-corrected chi connectivity index (χ2v) is 5.22. The van der Waals surface area contributed by atoms with Crippen molar-refractivity contribution in [2.75, 3.05) is 6.61 Å². The van der Waals surface area contributed by atoms with Crippen LogP contribution in [0, 0.1) is 12.7 Å². The van der Waals surface area contributed by atoms with Crippen molar-refractivity contribution in [2.24, 2.45) is 0 Å². The van der Waals surface area contributed by atoms with Crippen LogP contribution in [0.2, 0.25) is 5.02 Å². The lowest BCUT2D eigenvalue weighted by atomic mass is 10.2. The lowest BCUT2D eigenvalue weighted by Crippen LogP contribution is -2.28. The zero-order valence-corrected chi connectivity index (χ0v) is 13.2. The summed E-state index contributed by atoms with van der Waals surface area (Å²) in [5, 5.41) is 11.6. The first-order chi connectivity index (χ1) is 11.5. The zero-order chi connectivity index (χ0) is 18.9. The fourth-order valence-corrected chi connectivity index (χ4v) is 2.13. The number of carboxylic acid groups (broad SMARTS) is 1. The third-order valence-corrected chi connectivity index (χ3v) is 3.40. The lowest BCUT2D eigenvalue weighted by molar-refractivity contribution is -0.139. The highest BCUT2D eigenvalue weighted by atomic mass is 35.5. The van der Waals surface area contributed by atoms with Crippen molar-refractivity contribution >= 4 is 17.6 Å². The van der Waals surface area contributed by atoms with Gasteiger partial charge in [0.05, 0.1) is 16.8 Å². The normalized spacial score (nSPS) is 11.4. The SMILES string of the molecule is Cc1c(C(F)(F)F)cnn(-c2cc(OCC(=O)O)c(Cl)cc2F)c1=O. The molecule has 0 unspecified atom stereocenters. The number of carboxylic acids is 1. The standard InChI is InChI=1S/C14H9ClF4N2O4/c1-6-7(14(17,18)19)4-20-21(13(6)24)10-3-11(25-5-12(22)23)8(15)2-9(10)16/h2-4H,5H2,1H3,(H,22,23). The van der Waals surface area contributed by atoms with Gasteiger partial charge in [-0.1, -0.05) is 11.6 Å². The fourth-order valence-electron chi connectivity index (χ4n) is 1.93. The topological polar surface area (TPSA) is 81.4 Å². The molecule has 2 aromatic rings. The van der Waals surface area contributed by atoms with E-state index in [-0.39, 0.29) is 10.8 Å². The number of aliphatic carboxylic acids is 1. The van der Waals surface area contributed by atoms with Crippen molar-refractivity contribution in [1.29, 1.82) is 0 Å². The molecule has 0 aliphatic carbocycles. The molecule has 1 aromatic heterocycles. The van der Waals surface area contributed by atoms with Crippen molar-refractivity contribution in [1.82, 2.24) is 9.78 Å². The number of hydrogen-bond donors (Lipinski definition) is 1. The number of halogens is 5. The monoisotopic (exact) mass is 380 g/mol. The van der Waals surface area contributed by atoms with Crippen LogP contribution in [-0.2, 0) is 11.0 Å². The molecule has 0 saturated carbocycles. The van der Waals surface area contributed by atoms with Gasteiger partial charge in [-0.15, -0.1) is 0 Å². The molecular formula is C14H9ClF4N2O4. The largest absolute Gasteiger partial charge is 0.480 e. The van der Waals surface area contributed by atoms with E-state index in [1.54, 1.807) is 0 Å². The van der Waals surface area contributed by atoms with Crippen LogP contribution in [0.25, 0.3) is 5.69 Å². The van der Waals surface area contributed by atoms with E-state index in [1.807, 2.05) is 0 Å². The van der Waals surface area contributed by atoms with Gasteiger partial charge in [0.25, 0.3) is 5.56 Å². The van der Waals surface area contributed by atoms with E-state index in [9.17, 15) is 27.2 Å². The molecule has 0 amide bonds. The van der Waals surface area contributed by atoms with Gasteiger partial charge in [-0.05, 0) is 13.0 Å². The van der Waals surface area contributed by atoms with Gasteiger partial charge < -0.3 is 9.84 Å². The number of rotatable bonds is 4. The molecule has 2 rings (SSSR count). The van der Waals surface area contributed by atoms with E-state index < -0.39 is 46.9 Å². The number of nitrogens with zero attached hydrogens (tertiary/aromatic N) is 2. The molecule has 6 nitrogen and oxygen atoms in total. The van der Waals surface area contributed by atoms with Crippen molar-refractivity contribution in [2.45, 2.75) is 13.1 Å². The molecule has 1 N–H and O–H groups in total. The molecule has 0 aliphatic rings. The number of aromatic nitrogens is 2. The summed E-state index contributed by atoms with van der Waals surface area (Å²) >= 11 is 5.71. The molecule has 1 heterocycles. The minimum atomic E-state index is -4.79. The third-order valence-electron chi connectivity index (χ3n) is 3.11. The quantitative estimate of drug-likeness (QED) is 0.825. The van der Waals surface area contributed by atoms with E-state index >= 15 is 0 Å². The first-order valence-electron chi connectivity index (χ1n) is 6.52.